The number of nitriles is 1. The molecule has 0 aliphatic rings. The molecule has 4 nitrogen and oxygen atoms in total. The van der Waals surface area contributed by atoms with Gasteiger partial charge in [-0.3, -0.25) is 4.79 Å². The molecule has 1 heterocycles. The number of benzene rings is 3. The standard InChI is InChI=1S/C24H19N3OS2/c1-27(15-23-26-20-7-3-5-9-22(20)30-23)24(28)19-6-2-4-8-21(19)29-16-18-12-10-17(14-25)11-13-18/h2-13H,15-16H2,1H3. The van der Waals surface area contributed by atoms with Gasteiger partial charge >= 0.3 is 0 Å². The minimum atomic E-state index is -0.0165. The number of fused-ring (bicyclic) bond motifs is 1. The van der Waals surface area contributed by atoms with Crippen LogP contribution < -0.4 is 0 Å². The van der Waals surface area contributed by atoms with Crippen LogP contribution in [0, 0.1) is 11.3 Å². The first kappa shape index (κ1) is 20.1. The van der Waals surface area contributed by atoms with Crippen molar-refractivity contribution in [2.75, 3.05) is 7.05 Å². The first-order chi connectivity index (χ1) is 14.6. The number of thioether (sulfide) groups is 1. The zero-order valence-electron chi connectivity index (χ0n) is 16.4. The van der Waals surface area contributed by atoms with Gasteiger partial charge in [-0.05, 0) is 42.0 Å². The largest absolute Gasteiger partial charge is 0.335 e. The van der Waals surface area contributed by atoms with Crippen LogP contribution in [0.5, 0.6) is 0 Å². The van der Waals surface area contributed by atoms with Gasteiger partial charge in [0.25, 0.3) is 5.91 Å². The fourth-order valence-electron chi connectivity index (χ4n) is 3.07. The van der Waals surface area contributed by atoms with E-state index < -0.39 is 0 Å². The molecule has 0 atom stereocenters. The van der Waals surface area contributed by atoms with Crippen molar-refractivity contribution in [2.45, 2.75) is 17.2 Å². The molecule has 0 fully saturated rings. The van der Waals surface area contributed by atoms with Crippen molar-refractivity contribution < 1.29 is 4.79 Å². The van der Waals surface area contributed by atoms with Crippen LogP contribution in [0.25, 0.3) is 10.2 Å². The molecular weight excluding hydrogens is 410 g/mol. The topological polar surface area (TPSA) is 57.0 Å². The second kappa shape index (κ2) is 9.12. The van der Waals surface area contributed by atoms with Crippen LogP contribution in [0.2, 0.25) is 0 Å². The third-order valence-electron chi connectivity index (χ3n) is 4.65. The monoisotopic (exact) mass is 429 g/mol. The lowest BCUT2D eigenvalue weighted by Crippen LogP contribution is -2.26. The molecule has 0 spiro atoms. The van der Waals surface area contributed by atoms with Crippen molar-refractivity contribution in [3.8, 4) is 6.07 Å². The number of hydrogen-bond donors (Lipinski definition) is 0. The van der Waals surface area contributed by atoms with Crippen molar-refractivity contribution in [3.05, 3.63) is 94.5 Å². The van der Waals surface area contributed by atoms with E-state index in [1.54, 1.807) is 28.0 Å². The van der Waals surface area contributed by atoms with Crippen LogP contribution >= 0.6 is 23.1 Å². The molecule has 1 aromatic heterocycles. The van der Waals surface area contributed by atoms with Gasteiger partial charge in [0.1, 0.15) is 5.01 Å². The van der Waals surface area contributed by atoms with Gasteiger partial charge in [0, 0.05) is 17.7 Å². The molecule has 0 N–H and O–H groups in total. The van der Waals surface area contributed by atoms with E-state index >= 15 is 0 Å². The van der Waals surface area contributed by atoms with Crippen LogP contribution in [0.1, 0.15) is 26.5 Å². The molecule has 0 unspecified atom stereocenters. The number of para-hydroxylation sites is 1. The molecule has 0 radical (unpaired) electrons. The summed E-state index contributed by atoms with van der Waals surface area (Å²) in [5, 5.41) is 9.86. The maximum atomic E-state index is 13.1. The van der Waals surface area contributed by atoms with Crippen LogP contribution in [0.3, 0.4) is 0 Å². The first-order valence-corrected chi connectivity index (χ1v) is 11.2. The second-order valence-electron chi connectivity index (χ2n) is 6.83. The van der Waals surface area contributed by atoms with E-state index in [0.717, 1.165) is 31.4 Å². The van der Waals surface area contributed by atoms with E-state index in [1.807, 2.05) is 79.8 Å². The molecule has 3 aromatic carbocycles. The van der Waals surface area contributed by atoms with E-state index in [9.17, 15) is 4.79 Å². The summed E-state index contributed by atoms with van der Waals surface area (Å²) in [6.07, 6.45) is 0. The van der Waals surface area contributed by atoms with Crippen molar-refractivity contribution in [2.24, 2.45) is 0 Å². The fraction of sp³-hybridized carbons (Fsp3) is 0.125. The Kier molecular flexibility index (Phi) is 6.12. The van der Waals surface area contributed by atoms with Crippen LogP contribution in [0.4, 0.5) is 0 Å². The van der Waals surface area contributed by atoms with Gasteiger partial charge in [0.05, 0.1) is 34.0 Å². The molecule has 0 bridgehead atoms. The maximum absolute atomic E-state index is 13.1. The zero-order valence-corrected chi connectivity index (χ0v) is 18.0. The van der Waals surface area contributed by atoms with E-state index in [4.69, 9.17) is 5.26 Å². The lowest BCUT2D eigenvalue weighted by atomic mass is 10.2. The minimum Gasteiger partial charge on any atom is -0.335 e. The lowest BCUT2D eigenvalue weighted by molar-refractivity contribution is 0.0781. The van der Waals surface area contributed by atoms with Crippen molar-refractivity contribution in [3.63, 3.8) is 0 Å². The SMILES string of the molecule is CN(Cc1nc2ccccc2s1)C(=O)c1ccccc1SCc1ccc(C#N)cc1. The van der Waals surface area contributed by atoms with E-state index in [1.165, 1.54) is 0 Å². The van der Waals surface area contributed by atoms with Crippen LogP contribution in [-0.4, -0.2) is 22.8 Å². The van der Waals surface area contributed by atoms with Crippen molar-refractivity contribution in [1.29, 1.82) is 5.26 Å². The summed E-state index contributed by atoms with van der Waals surface area (Å²) >= 11 is 3.25. The Morgan fingerprint density at radius 3 is 2.57 bits per heavy atom. The molecule has 4 aromatic rings. The summed E-state index contributed by atoms with van der Waals surface area (Å²) in [4.78, 5) is 20.4. The average Bonchev–Trinajstić information content (AvgIpc) is 3.20. The summed E-state index contributed by atoms with van der Waals surface area (Å²) < 4.78 is 1.13. The van der Waals surface area contributed by atoms with Crippen molar-refractivity contribution >= 4 is 39.2 Å². The van der Waals surface area contributed by atoms with Gasteiger partial charge in [-0.25, -0.2) is 4.98 Å². The van der Waals surface area contributed by atoms with E-state index in [2.05, 4.69) is 11.1 Å². The fourth-order valence-corrected chi connectivity index (χ4v) is 5.09. The predicted molar refractivity (Wildman–Crippen MR) is 123 cm³/mol. The van der Waals surface area contributed by atoms with Gasteiger partial charge in [-0.15, -0.1) is 23.1 Å². The average molecular weight is 430 g/mol. The number of hydrogen-bond acceptors (Lipinski definition) is 5. The molecule has 1 amide bonds. The number of aromatic nitrogens is 1. The van der Waals surface area contributed by atoms with Gasteiger partial charge in [-0.2, -0.15) is 5.26 Å². The minimum absolute atomic E-state index is 0.0165. The second-order valence-corrected chi connectivity index (χ2v) is 8.96. The number of amides is 1. The highest BCUT2D eigenvalue weighted by atomic mass is 32.2. The lowest BCUT2D eigenvalue weighted by Gasteiger charge is -2.17. The summed E-state index contributed by atoms with van der Waals surface area (Å²) in [6, 6.07) is 25.4. The Balaban J connectivity index is 1.47. The normalized spacial score (nSPS) is 10.7. The Hall–Kier alpha value is -3.14. The Morgan fingerprint density at radius 1 is 1.07 bits per heavy atom. The summed E-state index contributed by atoms with van der Waals surface area (Å²) in [5.41, 5.74) is 3.43. The molecule has 148 valence electrons. The number of nitrogens with zero attached hydrogens (tertiary/aromatic N) is 3. The van der Waals surface area contributed by atoms with Crippen molar-refractivity contribution in [1.82, 2.24) is 9.88 Å². The molecule has 0 aliphatic carbocycles. The Bertz CT molecular complexity index is 1190. The summed E-state index contributed by atoms with van der Waals surface area (Å²) in [6.45, 7) is 0.479. The van der Waals surface area contributed by atoms with Gasteiger partial charge in [0.15, 0.2) is 0 Å². The highest BCUT2D eigenvalue weighted by Crippen LogP contribution is 2.28. The van der Waals surface area contributed by atoms with E-state index in [0.29, 0.717) is 17.7 Å². The molecule has 0 saturated heterocycles. The number of carbonyl (C=O) groups excluding carboxylic acids is 1. The first-order valence-electron chi connectivity index (χ1n) is 9.45. The number of carbonyl (C=O) groups is 1. The highest BCUT2D eigenvalue weighted by Gasteiger charge is 2.17. The van der Waals surface area contributed by atoms with Gasteiger partial charge in [-0.1, -0.05) is 36.4 Å². The zero-order chi connectivity index (χ0) is 20.9. The third-order valence-corrected chi connectivity index (χ3v) is 6.82. The Morgan fingerprint density at radius 2 is 1.80 bits per heavy atom. The summed E-state index contributed by atoms with van der Waals surface area (Å²) in [7, 11) is 1.82. The number of rotatable bonds is 6. The van der Waals surface area contributed by atoms with Gasteiger partial charge < -0.3 is 4.90 Å². The van der Waals surface area contributed by atoms with Gasteiger partial charge in [0.2, 0.25) is 0 Å². The molecule has 30 heavy (non-hydrogen) atoms. The Labute approximate surface area is 183 Å². The highest BCUT2D eigenvalue weighted by molar-refractivity contribution is 7.98. The molecule has 4 rings (SSSR count). The van der Waals surface area contributed by atoms with Crippen LogP contribution in [0.15, 0.2) is 77.7 Å². The molecule has 0 aliphatic heterocycles. The summed E-state index contributed by atoms with van der Waals surface area (Å²) in [5.74, 6) is 0.717. The maximum Gasteiger partial charge on any atom is 0.255 e. The number of thiazole rings is 1. The third kappa shape index (κ3) is 4.54. The quantitative estimate of drug-likeness (QED) is 0.367. The molecule has 0 saturated carbocycles. The smallest absolute Gasteiger partial charge is 0.255 e. The predicted octanol–water partition coefficient (Wildman–Crippen LogP) is 5.73. The molecular formula is C24H19N3OS2. The molecule has 6 heteroatoms. The van der Waals surface area contributed by atoms with Crippen LogP contribution in [-0.2, 0) is 12.3 Å². The van der Waals surface area contributed by atoms with E-state index in [-0.39, 0.29) is 5.91 Å².